The maximum atomic E-state index is 11.4. The highest BCUT2D eigenvalue weighted by Crippen LogP contribution is 2.35. The molecule has 7 nitrogen and oxygen atoms in total. The summed E-state index contributed by atoms with van der Waals surface area (Å²) in [7, 11) is 2.05. The number of benzene rings is 1. The molecule has 1 aliphatic rings. The Morgan fingerprint density at radius 3 is 2.71 bits per heavy atom. The van der Waals surface area contributed by atoms with Crippen molar-refractivity contribution in [1.29, 1.82) is 5.26 Å². The molecule has 1 aromatic carbocycles. The maximum absolute atomic E-state index is 11.4. The number of hydrogen-bond donors (Lipinski definition) is 1. The molecular weight excluding hydrogens is 270 g/mol. The molecule has 0 amide bonds. The van der Waals surface area contributed by atoms with Crippen molar-refractivity contribution in [2.45, 2.75) is 6.42 Å². The predicted molar refractivity (Wildman–Crippen MR) is 81.5 cm³/mol. The second-order valence-electron chi connectivity index (χ2n) is 5.06. The Labute approximate surface area is 123 Å². The Balaban J connectivity index is 2.26. The molecule has 0 saturated carbocycles. The molecule has 112 valence electrons. The van der Waals surface area contributed by atoms with Gasteiger partial charge in [-0.05, 0) is 19.2 Å². The number of likely N-dealkylation sites (N-methyl/N-ethyl adjacent to an activating group) is 1. The molecule has 1 aliphatic heterocycles. The van der Waals surface area contributed by atoms with E-state index in [0.29, 0.717) is 24.3 Å². The average Bonchev–Trinajstić information content (AvgIpc) is 2.48. The van der Waals surface area contributed by atoms with Gasteiger partial charge in [-0.1, -0.05) is 6.07 Å². The van der Waals surface area contributed by atoms with Crippen LogP contribution in [0, 0.1) is 21.4 Å². The first-order chi connectivity index (χ1) is 10.1. The lowest BCUT2D eigenvalue weighted by Crippen LogP contribution is -2.44. The maximum Gasteiger partial charge on any atom is 0.315 e. The van der Waals surface area contributed by atoms with Gasteiger partial charge in [-0.25, -0.2) is 0 Å². The Morgan fingerprint density at radius 2 is 2.10 bits per heavy atom. The van der Waals surface area contributed by atoms with E-state index >= 15 is 0 Å². The third kappa shape index (κ3) is 3.61. The van der Waals surface area contributed by atoms with E-state index in [2.05, 4.69) is 10.2 Å². The number of rotatable bonds is 5. The predicted octanol–water partition coefficient (Wildman–Crippen LogP) is 1.67. The van der Waals surface area contributed by atoms with E-state index < -0.39 is 0 Å². The first kappa shape index (κ1) is 15.1. The van der Waals surface area contributed by atoms with Gasteiger partial charge in [0.25, 0.3) is 0 Å². The van der Waals surface area contributed by atoms with Crippen molar-refractivity contribution >= 4 is 17.1 Å². The smallest absolute Gasteiger partial charge is 0.315 e. The fourth-order valence-electron chi connectivity index (χ4n) is 2.42. The molecule has 21 heavy (non-hydrogen) atoms. The van der Waals surface area contributed by atoms with Gasteiger partial charge in [0.05, 0.1) is 17.4 Å². The number of nitriles is 1. The molecule has 0 atom stereocenters. The first-order valence-electron chi connectivity index (χ1n) is 6.95. The highest BCUT2D eigenvalue weighted by Gasteiger charge is 2.25. The summed E-state index contributed by atoms with van der Waals surface area (Å²) in [4.78, 5) is 15.4. The third-order valence-electron chi connectivity index (χ3n) is 3.59. The van der Waals surface area contributed by atoms with Gasteiger partial charge in [-0.3, -0.25) is 10.1 Å². The van der Waals surface area contributed by atoms with Gasteiger partial charge in [0, 0.05) is 32.7 Å². The van der Waals surface area contributed by atoms with Crippen LogP contribution in [0.15, 0.2) is 18.2 Å². The van der Waals surface area contributed by atoms with Crippen LogP contribution in [0.3, 0.4) is 0 Å². The standard InChI is InChI=1S/C14H19N5O2/c1-17-8-10-18(11-9-17)13-5-2-4-12(14(13)19(20)21)16-7-3-6-15/h2,4-5,16H,3,7-11H2,1H3. The summed E-state index contributed by atoms with van der Waals surface area (Å²) < 4.78 is 0. The fourth-order valence-corrected chi connectivity index (χ4v) is 2.42. The van der Waals surface area contributed by atoms with Gasteiger partial charge in [-0.15, -0.1) is 0 Å². The van der Waals surface area contributed by atoms with E-state index in [9.17, 15) is 10.1 Å². The molecule has 0 bridgehead atoms. The average molecular weight is 289 g/mol. The zero-order valence-corrected chi connectivity index (χ0v) is 12.1. The van der Waals surface area contributed by atoms with Gasteiger partial charge in [-0.2, -0.15) is 5.26 Å². The molecule has 2 rings (SSSR count). The van der Waals surface area contributed by atoms with Crippen LogP contribution in [0.2, 0.25) is 0 Å². The molecule has 0 aromatic heterocycles. The number of nitro groups is 1. The van der Waals surface area contributed by atoms with E-state index in [4.69, 9.17) is 5.26 Å². The monoisotopic (exact) mass is 289 g/mol. The summed E-state index contributed by atoms with van der Waals surface area (Å²) in [6.45, 7) is 3.74. The lowest BCUT2D eigenvalue weighted by molar-refractivity contribution is -0.383. The molecule has 0 unspecified atom stereocenters. The van der Waals surface area contributed by atoms with Gasteiger partial charge in [0.2, 0.25) is 0 Å². The number of nitrogens with one attached hydrogen (secondary N) is 1. The summed E-state index contributed by atoms with van der Waals surface area (Å²) in [5.74, 6) is 0. The Bertz CT molecular complexity index is 547. The molecule has 0 aliphatic carbocycles. The van der Waals surface area contributed by atoms with Crippen LogP contribution < -0.4 is 10.2 Å². The van der Waals surface area contributed by atoms with Crippen molar-refractivity contribution in [3.05, 3.63) is 28.3 Å². The minimum atomic E-state index is -0.345. The van der Waals surface area contributed by atoms with Gasteiger partial charge >= 0.3 is 5.69 Å². The molecule has 1 N–H and O–H groups in total. The summed E-state index contributed by atoms with van der Waals surface area (Å²) in [5.41, 5.74) is 1.22. The van der Waals surface area contributed by atoms with Gasteiger partial charge in [0.1, 0.15) is 11.4 Å². The van der Waals surface area contributed by atoms with E-state index in [1.165, 1.54) is 0 Å². The Morgan fingerprint density at radius 1 is 1.38 bits per heavy atom. The quantitative estimate of drug-likeness (QED) is 0.504. The van der Waals surface area contributed by atoms with Crippen molar-refractivity contribution in [2.24, 2.45) is 0 Å². The topological polar surface area (TPSA) is 85.4 Å². The van der Waals surface area contributed by atoms with E-state index in [-0.39, 0.29) is 10.6 Å². The molecule has 7 heteroatoms. The van der Waals surface area contributed by atoms with Crippen LogP contribution in [-0.4, -0.2) is 49.6 Å². The van der Waals surface area contributed by atoms with E-state index in [0.717, 1.165) is 26.2 Å². The molecule has 0 radical (unpaired) electrons. The first-order valence-corrected chi connectivity index (χ1v) is 6.95. The highest BCUT2D eigenvalue weighted by molar-refractivity contribution is 5.77. The second-order valence-corrected chi connectivity index (χ2v) is 5.06. The summed E-state index contributed by atoms with van der Waals surface area (Å²) >= 11 is 0. The zero-order chi connectivity index (χ0) is 15.2. The highest BCUT2D eigenvalue weighted by atomic mass is 16.6. The van der Waals surface area contributed by atoms with Crippen LogP contribution in [-0.2, 0) is 0 Å². The van der Waals surface area contributed by atoms with Gasteiger partial charge < -0.3 is 15.1 Å². The van der Waals surface area contributed by atoms with Crippen LogP contribution in [0.25, 0.3) is 0 Å². The molecular formula is C14H19N5O2. The second kappa shape index (κ2) is 6.90. The minimum Gasteiger partial charge on any atom is -0.378 e. The number of nitrogens with zero attached hydrogens (tertiary/aromatic N) is 4. The number of piperazine rings is 1. The molecule has 1 aromatic rings. The number of para-hydroxylation sites is 1. The molecule has 1 fully saturated rings. The number of anilines is 2. The Hall–Kier alpha value is -2.33. The van der Waals surface area contributed by atoms with Crippen molar-refractivity contribution in [1.82, 2.24) is 4.90 Å². The summed E-state index contributed by atoms with van der Waals surface area (Å²) in [6, 6.07) is 7.32. The van der Waals surface area contributed by atoms with Crippen molar-refractivity contribution < 1.29 is 4.92 Å². The SMILES string of the molecule is CN1CCN(c2cccc(NCCC#N)c2[N+](=O)[O-])CC1. The Kier molecular flexibility index (Phi) is 4.95. The zero-order valence-electron chi connectivity index (χ0n) is 12.1. The van der Waals surface area contributed by atoms with Crippen LogP contribution in [0.5, 0.6) is 0 Å². The largest absolute Gasteiger partial charge is 0.378 e. The summed E-state index contributed by atoms with van der Waals surface area (Å²) in [6.07, 6.45) is 0.315. The third-order valence-corrected chi connectivity index (χ3v) is 3.59. The molecule has 1 saturated heterocycles. The van der Waals surface area contributed by atoms with Crippen molar-refractivity contribution in [3.63, 3.8) is 0 Å². The summed E-state index contributed by atoms with van der Waals surface area (Å²) in [5, 5.41) is 23.0. The number of nitro benzene ring substituents is 1. The fraction of sp³-hybridized carbons (Fsp3) is 0.500. The van der Waals surface area contributed by atoms with Crippen molar-refractivity contribution in [2.75, 3.05) is 50.0 Å². The van der Waals surface area contributed by atoms with Gasteiger partial charge in [0.15, 0.2) is 0 Å². The lowest BCUT2D eigenvalue weighted by Gasteiger charge is -2.33. The van der Waals surface area contributed by atoms with Crippen LogP contribution >= 0.6 is 0 Å². The van der Waals surface area contributed by atoms with E-state index in [1.807, 2.05) is 24.1 Å². The van der Waals surface area contributed by atoms with Crippen LogP contribution in [0.4, 0.5) is 17.1 Å². The normalized spacial score (nSPS) is 15.5. The molecule has 1 heterocycles. The lowest BCUT2D eigenvalue weighted by atomic mass is 10.2. The van der Waals surface area contributed by atoms with Crippen LogP contribution in [0.1, 0.15) is 6.42 Å². The number of hydrogen-bond acceptors (Lipinski definition) is 6. The minimum absolute atomic E-state index is 0.0972. The van der Waals surface area contributed by atoms with E-state index in [1.54, 1.807) is 12.1 Å². The van der Waals surface area contributed by atoms with Crippen molar-refractivity contribution in [3.8, 4) is 6.07 Å². The molecule has 0 spiro atoms.